The summed E-state index contributed by atoms with van der Waals surface area (Å²) in [4.78, 5) is 12.4. The Morgan fingerprint density at radius 2 is 1.70 bits per heavy atom. The lowest BCUT2D eigenvalue weighted by Crippen LogP contribution is -2.24. The van der Waals surface area contributed by atoms with Gasteiger partial charge in [-0.2, -0.15) is 0 Å². The molecule has 0 heterocycles. The number of rotatable bonds is 9. The highest BCUT2D eigenvalue weighted by Crippen LogP contribution is 2.22. The van der Waals surface area contributed by atoms with E-state index in [4.69, 9.17) is 23.2 Å². The van der Waals surface area contributed by atoms with Crippen molar-refractivity contribution in [3.05, 3.63) is 58.1 Å². The van der Waals surface area contributed by atoms with Crippen molar-refractivity contribution in [2.75, 3.05) is 11.9 Å². The van der Waals surface area contributed by atoms with Crippen LogP contribution in [0.3, 0.4) is 0 Å². The van der Waals surface area contributed by atoms with Crippen LogP contribution in [-0.4, -0.2) is 20.9 Å². The van der Waals surface area contributed by atoms with E-state index in [1.807, 2.05) is 0 Å². The second-order valence-electron chi connectivity index (χ2n) is 6.06. The number of hydrogen-bond acceptors (Lipinski definition) is 3. The van der Waals surface area contributed by atoms with Gasteiger partial charge in [0.15, 0.2) is 0 Å². The van der Waals surface area contributed by atoms with Crippen LogP contribution in [0.4, 0.5) is 5.69 Å². The largest absolute Gasteiger partial charge is 0.322 e. The molecule has 0 atom stereocenters. The molecule has 8 heteroatoms. The Balaban J connectivity index is 1.98. The first-order valence-electron chi connectivity index (χ1n) is 8.69. The molecule has 0 fully saturated rings. The van der Waals surface area contributed by atoms with Crippen molar-refractivity contribution in [1.82, 2.24) is 4.72 Å². The summed E-state index contributed by atoms with van der Waals surface area (Å²) >= 11 is 11.8. The molecule has 5 nitrogen and oxygen atoms in total. The molecular formula is C19H22Cl2N2O3S. The maximum absolute atomic E-state index is 12.3. The van der Waals surface area contributed by atoms with Gasteiger partial charge in [-0.25, -0.2) is 13.1 Å². The Labute approximate surface area is 170 Å². The predicted octanol–water partition coefficient (Wildman–Crippen LogP) is 5.10. The summed E-state index contributed by atoms with van der Waals surface area (Å²) in [6.45, 7) is 2.52. The SMILES string of the molecule is CCCCCCNS(=O)(=O)c1ccc(NC(=O)c2ccc(Cl)cc2Cl)cc1. The quantitative estimate of drug-likeness (QED) is 0.545. The first-order chi connectivity index (χ1) is 12.8. The Morgan fingerprint density at radius 3 is 2.33 bits per heavy atom. The van der Waals surface area contributed by atoms with E-state index < -0.39 is 15.9 Å². The van der Waals surface area contributed by atoms with Gasteiger partial charge in [-0.05, 0) is 48.9 Å². The average Bonchev–Trinajstić information content (AvgIpc) is 2.62. The molecule has 0 aliphatic carbocycles. The number of nitrogens with one attached hydrogen (secondary N) is 2. The second kappa shape index (κ2) is 10.1. The Morgan fingerprint density at radius 1 is 1.00 bits per heavy atom. The first kappa shape index (κ1) is 21.7. The summed E-state index contributed by atoms with van der Waals surface area (Å²) in [6.07, 6.45) is 4.00. The van der Waals surface area contributed by atoms with Gasteiger partial charge in [-0.1, -0.05) is 49.4 Å². The summed E-state index contributed by atoms with van der Waals surface area (Å²) < 4.78 is 27.1. The Bertz CT molecular complexity index is 884. The number of benzene rings is 2. The minimum Gasteiger partial charge on any atom is -0.322 e. The van der Waals surface area contributed by atoms with Crippen LogP contribution >= 0.6 is 23.2 Å². The van der Waals surface area contributed by atoms with E-state index in [-0.39, 0.29) is 15.5 Å². The zero-order valence-electron chi connectivity index (χ0n) is 15.0. The van der Waals surface area contributed by atoms with Crippen LogP contribution in [0.2, 0.25) is 10.0 Å². The fourth-order valence-corrected chi connectivity index (χ4v) is 4.00. The number of sulfonamides is 1. The molecule has 2 aromatic rings. The summed E-state index contributed by atoms with van der Waals surface area (Å²) in [5, 5.41) is 3.36. The van der Waals surface area contributed by atoms with Gasteiger partial charge >= 0.3 is 0 Å². The second-order valence-corrected chi connectivity index (χ2v) is 8.67. The smallest absolute Gasteiger partial charge is 0.257 e. The van der Waals surface area contributed by atoms with Gasteiger partial charge < -0.3 is 5.32 Å². The van der Waals surface area contributed by atoms with Crippen molar-refractivity contribution in [3.63, 3.8) is 0 Å². The van der Waals surface area contributed by atoms with Crippen molar-refractivity contribution < 1.29 is 13.2 Å². The van der Waals surface area contributed by atoms with Crippen LogP contribution in [0, 0.1) is 0 Å². The van der Waals surface area contributed by atoms with Gasteiger partial charge in [0.05, 0.1) is 15.5 Å². The maximum Gasteiger partial charge on any atom is 0.257 e. The molecule has 2 N–H and O–H groups in total. The summed E-state index contributed by atoms with van der Waals surface area (Å²) in [7, 11) is -3.55. The minimum atomic E-state index is -3.55. The van der Waals surface area contributed by atoms with Crippen LogP contribution in [0.25, 0.3) is 0 Å². The summed E-state index contributed by atoms with van der Waals surface area (Å²) in [5.41, 5.74) is 0.749. The number of hydrogen-bond donors (Lipinski definition) is 2. The van der Waals surface area contributed by atoms with Crippen LogP contribution in [-0.2, 0) is 10.0 Å². The molecule has 0 saturated carbocycles. The van der Waals surface area contributed by atoms with E-state index in [0.29, 0.717) is 17.3 Å². The highest BCUT2D eigenvalue weighted by molar-refractivity contribution is 7.89. The van der Waals surface area contributed by atoms with Gasteiger partial charge in [-0.15, -0.1) is 0 Å². The number of unbranched alkanes of at least 4 members (excludes halogenated alkanes) is 3. The average molecular weight is 429 g/mol. The van der Waals surface area contributed by atoms with Gasteiger partial charge in [0.2, 0.25) is 10.0 Å². The van der Waals surface area contributed by atoms with E-state index >= 15 is 0 Å². The van der Waals surface area contributed by atoms with Crippen LogP contribution < -0.4 is 10.0 Å². The molecule has 0 aliphatic heterocycles. The molecule has 0 radical (unpaired) electrons. The van der Waals surface area contributed by atoms with Crippen molar-refractivity contribution in [2.45, 2.75) is 37.5 Å². The Kier molecular flexibility index (Phi) is 8.10. The van der Waals surface area contributed by atoms with E-state index in [2.05, 4.69) is 17.0 Å². The molecule has 0 saturated heterocycles. The zero-order valence-corrected chi connectivity index (χ0v) is 17.3. The highest BCUT2D eigenvalue weighted by Gasteiger charge is 2.14. The molecule has 0 spiro atoms. The van der Waals surface area contributed by atoms with Gasteiger partial charge in [0.25, 0.3) is 5.91 Å². The van der Waals surface area contributed by atoms with Crippen molar-refractivity contribution in [1.29, 1.82) is 0 Å². The molecule has 27 heavy (non-hydrogen) atoms. The fourth-order valence-electron chi connectivity index (χ4n) is 2.43. The van der Waals surface area contributed by atoms with Crippen LogP contribution in [0.1, 0.15) is 43.0 Å². The number of anilines is 1. The summed E-state index contributed by atoms with van der Waals surface area (Å²) in [6, 6.07) is 10.6. The molecular weight excluding hydrogens is 407 g/mol. The number of halogens is 2. The van der Waals surface area contributed by atoms with E-state index in [0.717, 1.165) is 25.7 Å². The first-order valence-corrected chi connectivity index (χ1v) is 10.9. The number of carbonyl (C=O) groups is 1. The van der Waals surface area contributed by atoms with Crippen LogP contribution in [0.15, 0.2) is 47.4 Å². The number of amides is 1. The van der Waals surface area contributed by atoms with Crippen LogP contribution in [0.5, 0.6) is 0 Å². The van der Waals surface area contributed by atoms with Gasteiger partial charge in [0, 0.05) is 17.3 Å². The molecule has 2 aromatic carbocycles. The van der Waals surface area contributed by atoms with Crippen molar-refractivity contribution in [2.24, 2.45) is 0 Å². The normalized spacial score (nSPS) is 11.4. The molecule has 0 bridgehead atoms. The topological polar surface area (TPSA) is 75.3 Å². The lowest BCUT2D eigenvalue weighted by molar-refractivity contribution is 0.102. The summed E-state index contributed by atoms with van der Waals surface area (Å²) in [5.74, 6) is -0.402. The van der Waals surface area contributed by atoms with E-state index in [9.17, 15) is 13.2 Å². The third-order valence-electron chi connectivity index (χ3n) is 3.92. The highest BCUT2D eigenvalue weighted by atomic mass is 35.5. The lowest BCUT2D eigenvalue weighted by atomic mass is 10.2. The standard InChI is InChI=1S/C19H22Cl2N2O3S/c1-2-3-4-5-12-22-27(25,26)16-9-7-15(8-10-16)23-19(24)17-11-6-14(20)13-18(17)21/h6-11,13,22H,2-5,12H2,1H3,(H,23,24). The van der Waals surface area contributed by atoms with Gasteiger partial charge in [-0.3, -0.25) is 4.79 Å². The predicted molar refractivity (Wildman–Crippen MR) is 110 cm³/mol. The zero-order chi connectivity index (χ0) is 19.9. The maximum atomic E-state index is 12.3. The fraction of sp³-hybridized carbons (Fsp3) is 0.316. The van der Waals surface area contributed by atoms with Gasteiger partial charge in [0.1, 0.15) is 0 Å². The van der Waals surface area contributed by atoms with E-state index in [1.165, 1.54) is 36.4 Å². The third-order valence-corrected chi connectivity index (χ3v) is 5.95. The molecule has 0 aromatic heterocycles. The lowest BCUT2D eigenvalue weighted by Gasteiger charge is -2.09. The van der Waals surface area contributed by atoms with Crippen molar-refractivity contribution in [3.8, 4) is 0 Å². The molecule has 146 valence electrons. The minimum absolute atomic E-state index is 0.153. The third kappa shape index (κ3) is 6.50. The molecule has 0 unspecified atom stereocenters. The Hall–Kier alpha value is -1.60. The van der Waals surface area contributed by atoms with E-state index in [1.54, 1.807) is 6.07 Å². The number of carbonyl (C=O) groups excluding carboxylic acids is 1. The molecule has 0 aliphatic rings. The van der Waals surface area contributed by atoms with Crippen molar-refractivity contribution >= 4 is 44.8 Å². The molecule has 1 amide bonds. The monoisotopic (exact) mass is 428 g/mol. The molecule has 2 rings (SSSR count).